The van der Waals surface area contributed by atoms with E-state index < -0.39 is 0 Å². The topological polar surface area (TPSA) is 82.8 Å². The maximum atomic E-state index is 12.4. The average molecular weight is 345 g/mol. The van der Waals surface area contributed by atoms with Crippen LogP contribution in [0.1, 0.15) is 67.6 Å². The van der Waals surface area contributed by atoms with Crippen molar-refractivity contribution in [1.29, 1.82) is 5.26 Å². The molecule has 1 saturated carbocycles. The molecule has 1 aliphatic rings. The van der Waals surface area contributed by atoms with Crippen molar-refractivity contribution in [3.05, 3.63) is 22.9 Å². The van der Waals surface area contributed by atoms with Crippen molar-refractivity contribution in [2.24, 2.45) is 0 Å². The van der Waals surface area contributed by atoms with Gasteiger partial charge < -0.3 is 5.32 Å². The summed E-state index contributed by atoms with van der Waals surface area (Å²) in [5.74, 6) is -0.137. The van der Waals surface area contributed by atoms with Gasteiger partial charge in [-0.2, -0.15) is 5.26 Å². The van der Waals surface area contributed by atoms with Crippen LogP contribution in [-0.2, 0) is 4.79 Å². The number of nitriles is 1. The van der Waals surface area contributed by atoms with Gasteiger partial charge in [0.15, 0.2) is 5.78 Å². The molecule has 1 aliphatic carbocycles. The van der Waals surface area contributed by atoms with Crippen LogP contribution in [0.4, 0.5) is 0 Å². The molecule has 1 heterocycles. The summed E-state index contributed by atoms with van der Waals surface area (Å²) >= 11 is 1.27. The minimum atomic E-state index is -0.339. The lowest BCUT2D eigenvalue weighted by Crippen LogP contribution is -2.40. The number of aromatic nitrogens is 1. The highest BCUT2D eigenvalue weighted by Crippen LogP contribution is 2.27. The normalized spacial score (nSPS) is 16.2. The van der Waals surface area contributed by atoms with E-state index in [1.54, 1.807) is 13.0 Å². The standard InChI is InChI=1S/C18H23N3O2S/c1-11-16(12(2)22)9-14(10-19)18(20-11)24-13(3)17(23)21-15-7-5-4-6-8-15/h9,13,15H,4-8H2,1-3H3,(H,21,23). The number of hydrogen-bond donors (Lipinski definition) is 1. The van der Waals surface area contributed by atoms with Gasteiger partial charge in [0.2, 0.25) is 5.91 Å². The predicted octanol–water partition coefficient (Wildman–Crippen LogP) is 3.39. The third-order valence-corrected chi connectivity index (χ3v) is 5.39. The minimum absolute atomic E-state index is 0.0223. The number of pyridine rings is 1. The van der Waals surface area contributed by atoms with Gasteiger partial charge in [0.1, 0.15) is 11.1 Å². The summed E-state index contributed by atoms with van der Waals surface area (Å²) in [5.41, 5.74) is 1.38. The van der Waals surface area contributed by atoms with Crippen LogP contribution in [0, 0.1) is 18.3 Å². The summed E-state index contributed by atoms with van der Waals surface area (Å²) in [5, 5.41) is 12.6. The monoisotopic (exact) mass is 345 g/mol. The SMILES string of the molecule is CC(=O)c1cc(C#N)c(SC(C)C(=O)NC2CCCCC2)nc1C. The predicted molar refractivity (Wildman–Crippen MR) is 94.0 cm³/mol. The zero-order valence-corrected chi connectivity index (χ0v) is 15.2. The van der Waals surface area contributed by atoms with Crippen molar-refractivity contribution < 1.29 is 9.59 Å². The number of carbonyl (C=O) groups excluding carboxylic acids is 2. The van der Waals surface area contributed by atoms with E-state index >= 15 is 0 Å². The molecule has 0 spiro atoms. The number of hydrogen-bond acceptors (Lipinski definition) is 5. The summed E-state index contributed by atoms with van der Waals surface area (Å²) in [6, 6.07) is 3.91. The zero-order valence-electron chi connectivity index (χ0n) is 14.4. The number of nitrogens with zero attached hydrogens (tertiary/aromatic N) is 2. The highest BCUT2D eigenvalue weighted by Gasteiger charge is 2.22. The lowest BCUT2D eigenvalue weighted by molar-refractivity contribution is -0.121. The van der Waals surface area contributed by atoms with Gasteiger partial charge in [0.25, 0.3) is 0 Å². The molecule has 0 saturated heterocycles. The Bertz CT molecular complexity index is 676. The van der Waals surface area contributed by atoms with Crippen molar-refractivity contribution in [2.45, 2.75) is 69.2 Å². The Labute approximate surface area is 147 Å². The molecule has 128 valence electrons. The van der Waals surface area contributed by atoms with Crippen LogP contribution in [-0.4, -0.2) is 28.0 Å². The molecule has 5 nitrogen and oxygen atoms in total. The first-order valence-electron chi connectivity index (χ1n) is 8.32. The Balaban J connectivity index is 2.09. The van der Waals surface area contributed by atoms with Crippen molar-refractivity contribution in [1.82, 2.24) is 10.3 Å². The second kappa shape index (κ2) is 8.29. The molecule has 1 amide bonds. The van der Waals surface area contributed by atoms with Crippen molar-refractivity contribution >= 4 is 23.5 Å². The smallest absolute Gasteiger partial charge is 0.233 e. The largest absolute Gasteiger partial charge is 0.352 e. The van der Waals surface area contributed by atoms with Gasteiger partial charge in [0.05, 0.1) is 10.8 Å². The average Bonchev–Trinajstić information content (AvgIpc) is 2.55. The quantitative estimate of drug-likeness (QED) is 0.653. The number of Topliss-reactive ketones (excluding diaryl/α,β-unsaturated/α-hetero) is 1. The fourth-order valence-electron chi connectivity index (χ4n) is 2.90. The molecule has 0 aliphatic heterocycles. The number of aryl methyl sites for hydroxylation is 1. The maximum absolute atomic E-state index is 12.4. The molecule has 0 bridgehead atoms. The van der Waals surface area contributed by atoms with E-state index in [4.69, 9.17) is 0 Å². The number of ketones is 1. The lowest BCUT2D eigenvalue weighted by atomic mass is 9.95. The van der Waals surface area contributed by atoms with Crippen LogP contribution in [0.5, 0.6) is 0 Å². The Hall–Kier alpha value is -1.87. The molecule has 1 atom stereocenters. The van der Waals surface area contributed by atoms with Gasteiger partial charge in [-0.15, -0.1) is 0 Å². The maximum Gasteiger partial charge on any atom is 0.233 e. The first-order chi connectivity index (χ1) is 11.4. The van der Waals surface area contributed by atoms with Crippen molar-refractivity contribution in [3.63, 3.8) is 0 Å². The molecular formula is C18H23N3O2S. The summed E-state index contributed by atoms with van der Waals surface area (Å²) in [4.78, 5) is 28.3. The van der Waals surface area contributed by atoms with Crippen LogP contribution >= 0.6 is 11.8 Å². The third-order valence-electron chi connectivity index (χ3n) is 4.29. The van der Waals surface area contributed by atoms with E-state index in [9.17, 15) is 14.9 Å². The molecule has 0 radical (unpaired) electrons. The van der Waals surface area contributed by atoms with Gasteiger partial charge in [-0.25, -0.2) is 4.98 Å². The minimum Gasteiger partial charge on any atom is -0.352 e. The van der Waals surface area contributed by atoms with E-state index in [1.165, 1.54) is 25.1 Å². The Morgan fingerprint density at radius 1 is 1.38 bits per heavy atom. The van der Waals surface area contributed by atoms with Crippen molar-refractivity contribution in [3.8, 4) is 6.07 Å². The van der Waals surface area contributed by atoms with Gasteiger partial charge in [0, 0.05) is 17.3 Å². The van der Waals surface area contributed by atoms with Crippen LogP contribution in [0.3, 0.4) is 0 Å². The van der Waals surface area contributed by atoms with Crippen LogP contribution in [0.2, 0.25) is 0 Å². The highest BCUT2D eigenvalue weighted by atomic mass is 32.2. The summed E-state index contributed by atoms with van der Waals surface area (Å²) < 4.78 is 0. The number of rotatable bonds is 5. The Morgan fingerprint density at radius 3 is 2.62 bits per heavy atom. The summed E-state index contributed by atoms with van der Waals surface area (Å²) in [7, 11) is 0. The van der Waals surface area contributed by atoms with Crippen LogP contribution in [0.25, 0.3) is 0 Å². The molecule has 1 unspecified atom stereocenters. The van der Waals surface area contributed by atoms with E-state index in [0.717, 1.165) is 25.7 Å². The molecule has 24 heavy (non-hydrogen) atoms. The van der Waals surface area contributed by atoms with Crippen LogP contribution in [0.15, 0.2) is 11.1 Å². The van der Waals surface area contributed by atoms with E-state index in [0.29, 0.717) is 21.8 Å². The molecule has 1 N–H and O–H groups in total. The molecular weight excluding hydrogens is 322 g/mol. The molecule has 0 aromatic carbocycles. The van der Waals surface area contributed by atoms with Gasteiger partial charge in [-0.3, -0.25) is 9.59 Å². The second-order valence-electron chi connectivity index (χ2n) is 6.25. The number of carbonyl (C=O) groups is 2. The fraction of sp³-hybridized carbons (Fsp3) is 0.556. The molecule has 1 fully saturated rings. The van der Waals surface area contributed by atoms with Gasteiger partial charge >= 0.3 is 0 Å². The highest BCUT2D eigenvalue weighted by molar-refractivity contribution is 8.00. The van der Waals surface area contributed by atoms with Crippen molar-refractivity contribution in [2.75, 3.05) is 0 Å². The third kappa shape index (κ3) is 4.57. The Morgan fingerprint density at radius 2 is 2.04 bits per heavy atom. The molecule has 2 rings (SSSR count). The number of amides is 1. The lowest BCUT2D eigenvalue weighted by Gasteiger charge is -2.24. The summed E-state index contributed by atoms with van der Waals surface area (Å²) in [6.45, 7) is 5.02. The Kier molecular flexibility index (Phi) is 6.38. The van der Waals surface area contributed by atoms with Crippen LogP contribution < -0.4 is 5.32 Å². The zero-order chi connectivity index (χ0) is 17.7. The number of nitrogens with one attached hydrogen (secondary N) is 1. The first kappa shape index (κ1) is 18.5. The molecule has 1 aromatic heterocycles. The van der Waals surface area contributed by atoms with Gasteiger partial charge in [-0.1, -0.05) is 31.0 Å². The van der Waals surface area contributed by atoms with E-state index in [-0.39, 0.29) is 23.0 Å². The second-order valence-corrected chi connectivity index (χ2v) is 7.58. The number of thioether (sulfide) groups is 1. The molecule has 6 heteroatoms. The first-order valence-corrected chi connectivity index (χ1v) is 9.20. The summed E-state index contributed by atoms with van der Waals surface area (Å²) in [6.07, 6.45) is 5.65. The fourth-order valence-corrected chi connectivity index (χ4v) is 3.83. The van der Waals surface area contributed by atoms with Gasteiger partial charge in [-0.05, 0) is 39.7 Å². The molecule has 1 aromatic rings. The van der Waals surface area contributed by atoms with E-state index in [2.05, 4.69) is 16.4 Å². The van der Waals surface area contributed by atoms with E-state index in [1.807, 2.05) is 6.92 Å².